The predicted octanol–water partition coefficient (Wildman–Crippen LogP) is 2.73. The van der Waals surface area contributed by atoms with Gasteiger partial charge in [-0.15, -0.1) is 0 Å². The third-order valence-corrected chi connectivity index (χ3v) is 2.56. The molecule has 0 saturated carbocycles. The Morgan fingerprint density at radius 3 is 2.75 bits per heavy atom. The van der Waals surface area contributed by atoms with Gasteiger partial charge in [0.05, 0.1) is 7.11 Å². The average molecular weight is 221 g/mol. The highest BCUT2D eigenvalue weighted by molar-refractivity contribution is 5.67. The molecular weight excluding hydrogens is 202 g/mol. The van der Waals surface area contributed by atoms with E-state index >= 15 is 0 Å². The van der Waals surface area contributed by atoms with Gasteiger partial charge in [-0.1, -0.05) is 12.6 Å². The van der Waals surface area contributed by atoms with Gasteiger partial charge in [0.2, 0.25) is 0 Å². The Bertz CT molecular complexity index is 372. The minimum absolute atomic E-state index is 0.579. The fraction of sp³-hybridized carbons (Fsp3) is 0.385. The van der Waals surface area contributed by atoms with Gasteiger partial charge < -0.3 is 9.94 Å². The second-order valence-corrected chi connectivity index (χ2v) is 3.92. The van der Waals surface area contributed by atoms with Crippen LogP contribution in [0.3, 0.4) is 0 Å². The number of hydrogen-bond donors (Lipinski definition) is 1. The Morgan fingerprint density at radius 1 is 1.50 bits per heavy atom. The van der Waals surface area contributed by atoms with Gasteiger partial charge in [-0.05, 0) is 42.2 Å². The Morgan fingerprint density at radius 2 is 2.19 bits per heavy atom. The molecule has 0 aliphatic rings. The van der Waals surface area contributed by atoms with Crippen LogP contribution in [-0.4, -0.2) is 31.0 Å². The van der Waals surface area contributed by atoms with Crippen molar-refractivity contribution >= 4 is 5.57 Å². The third kappa shape index (κ3) is 3.36. The molecule has 1 aromatic carbocycles. The van der Waals surface area contributed by atoms with Crippen molar-refractivity contribution in [1.82, 2.24) is 5.06 Å². The number of ether oxygens (including phenoxy) is 1. The van der Waals surface area contributed by atoms with Crippen LogP contribution in [0.1, 0.15) is 17.5 Å². The first-order chi connectivity index (χ1) is 7.54. The van der Waals surface area contributed by atoms with Crippen molar-refractivity contribution in [3.8, 4) is 5.75 Å². The van der Waals surface area contributed by atoms with Gasteiger partial charge in [0.25, 0.3) is 0 Å². The van der Waals surface area contributed by atoms with E-state index in [0.29, 0.717) is 6.54 Å². The van der Waals surface area contributed by atoms with Crippen LogP contribution in [0.4, 0.5) is 0 Å². The van der Waals surface area contributed by atoms with Gasteiger partial charge in [-0.25, -0.2) is 0 Å². The normalized spacial score (nSPS) is 10.6. The summed E-state index contributed by atoms with van der Waals surface area (Å²) < 4.78 is 5.18. The van der Waals surface area contributed by atoms with E-state index < -0.39 is 0 Å². The molecular formula is C13H19NO2. The fourth-order valence-corrected chi connectivity index (χ4v) is 1.54. The zero-order chi connectivity index (χ0) is 12.1. The molecule has 0 aromatic heterocycles. The van der Waals surface area contributed by atoms with E-state index in [-0.39, 0.29) is 0 Å². The summed E-state index contributed by atoms with van der Waals surface area (Å²) in [4.78, 5) is 0. The highest BCUT2D eigenvalue weighted by atomic mass is 16.5. The van der Waals surface area contributed by atoms with Crippen LogP contribution in [0.25, 0.3) is 5.57 Å². The van der Waals surface area contributed by atoms with Crippen molar-refractivity contribution in [2.75, 3.05) is 20.7 Å². The minimum atomic E-state index is 0.579. The van der Waals surface area contributed by atoms with Crippen molar-refractivity contribution < 1.29 is 9.94 Å². The summed E-state index contributed by atoms with van der Waals surface area (Å²) in [5.41, 5.74) is 3.28. The van der Waals surface area contributed by atoms with Crippen molar-refractivity contribution in [1.29, 1.82) is 0 Å². The first-order valence-corrected chi connectivity index (χ1v) is 5.27. The summed E-state index contributed by atoms with van der Waals surface area (Å²) in [7, 11) is 3.28. The third-order valence-electron chi connectivity index (χ3n) is 2.56. The monoisotopic (exact) mass is 221 g/mol. The highest BCUT2D eigenvalue weighted by Gasteiger charge is 2.05. The van der Waals surface area contributed by atoms with Gasteiger partial charge in [-0.2, -0.15) is 5.06 Å². The standard InChI is InChI=1S/C13H19NO2/c1-10-5-6-12(16-4)9-13(10)11(2)7-8-14(3)15/h5-6,9,15H,2,7-8H2,1,3-4H3. The molecule has 0 heterocycles. The summed E-state index contributed by atoms with van der Waals surface area (Å²) in [5.74, 6) is 0.833. The maximum Gasteiger partial charge on any atom is 0.119 e. The van der Waals surface area contributed by atoms with Gasteiger partial charge in [0.15, 0.2) is 0 Å². The lowest BCUT2D eigenvalue weighted by Crippen LogP contribution is -2.14. The smallest absolute Gasteiger partial charge is 0.119 e. The molecule has 1 N–H and O–H groups in total. The van der Waals surface area contributed by atoms with Crippen molar-refractivity contribution in [2.45, 2.75) is 13.3 Å². The first kappa shape index (κ1) is 12.7. The SMILES string of the molecule is C=C(CCN(C)O)c1cc(OC)ccc1C. The molecule has 0 unspecified atom stereocenters. The van der Waals surface area contributed by atoms with Crippen molar-refractivity contribution in [2.24, 2.45) is 0 Å². The van der Waals surface area contributed by atoms with E-state index in [1.54, 1.807) is 14.2 Å². The van der Waals surface area contributed by atoms with Crippen LogP contribution in [0, 0.1) is 6.92 Å². The second kappa shape index (κ2) is 5.68. The van der Waals surface area contributed by atoms with Gasteiger partial charge >= 0.3 is 0 Å². The Hall–Kier alpha value is -1.32. The van der Waals surface area contributed by atoms with E-state index in [1.165, 1.54) is 10.6 Å². The molecule has 1 rings (SSSR count). The lowest BCUT2D eigenvalue weighted by molar-refractivity contribution is -0.0624. The first-order valence-electron chi connectivity index (χ1n) is 5.27. The quantitative estimate of drug-likeness (QED) is 0.776. The largest absolute Gasteiger partial charge is 0.497 e. The topological polar surface area (TPSA) is 32.7 Å². The molecule has 0 fully saturated rings. The fourth-order valence-electron chi connectivity index (χ4n) is 1.54. The molecule has 0 radical (unpaired) electrons. The highest BCUT2D eigenvalue weighted by Crippen LogP contribution is 2.24. The Balaban J connectivity index is 2.81. The molecule has 3 heteroatoms. The van der Waals surface area contributed by atoms with Crippen LogP contribution < -0.4 is 4.74 Å². The summed E-state index contributed by atoms with van der Waals surface area (Å²) in [6.45, 7) is 6.66. The zero-order valence-corrected chi connectivity index (χ0v) is 10.2. The molecule has 0 aliphatic carbocycles. The van der Waals surface area contributed by atoms with Gasteiger partial charge in [0, 0.05) is 13.6 Å². The van der Waals surface area contributed by atoms with E-state index in [2.05, 4.69) is 6.58 Å². The number of hydrogen-bond acceptors (Lipinski definition) is 3. The number of benzene rings is 1. The van der Waals surface area contributed by atoms with Crippen LogP contribution >= 0.6 is 0 Å². The molecule has 16 heavy (non-hydrogen) atoms. The minimum Gasteiger partial charge on any atom is -0.497 e. The zero-order valence-electron chi connectivity index (χ0n) is 10.2. The molecule has 0 saturated heterocycles. The van der Waals surface area contributed by atoms with E-state index in [1.807, 2.05) is 25.1 Å². The molecule has 0 aliphatic heterocycles. The molecule has 0 bridgehead atoms. The summed E-state index contributed by atoms with van der Waals surface area (Å²) in [6, 6.07) is 5.93. The average Bonchev–Trinajstić information content (AvgIpc) is 2.26. The van der Waals surface area contributed by atoms with Crippen molar-refractivity contribution in [3.05, 3.63) is 35.9 Å². The molecule has 88 valence electrons. The van der Waals surface area contributed by atoms with Crippen molar-refractivity contribution in [3.63, 3.8) is 0 Å². The summed E-state index contributed by atoms with van der Waals surface area (Å²) in [5, 5.41) is 10.3. The Kier molecular flexibility index (Phi) is 4.52. The van der Waals surface area contributed by atoms with E-state index in [4.69, 9.17) is 9.94 Å². The maximum absolute atomic E-state index is 9.09. The van der Waals surface area contributed by atoms with Crippen LogP contribution in [0.2, 0.25) is 0 Å². The summed E-state index contributed by atoms with van der Waals surface area (Å²) in [6.07, 6.45) is 0.737. The second-order valence-electron chi connectivity index (χ2n) is 3.92. The lowest BCUT2D eigenvalue weighted by atomic mass is 9.99. The maximum atomic E-state index is 9.09. The number of methoxy groups -OCH3 is 1. The number of hydroxylamine groups is 2. The Labute approximate surface area is 96.9 Å². The molecule has 0 atom stereocenters. The number of aryl methyl sites for hydroxylation is 1. The lowest BCUT2D eigenvalue weighted by Gasteiger charge is -2.13. The molecule has 1 aromatic rings. The van der Waals surface area contributed by atoms with Crippen LogP contribution in [0.15, 0.2) is 24.8 Å². The molecule has 0 spiro atoms. The number of nitrogens with zero attached hydrogens (tertiary/aromatic N) is 1. The molecule has 0 amide bonds. The van der Waals surface area contributed by atoms with E-state index in [9.17, 15) is 0 Å². The van der Waals surface area contributed by atoms with E-state index in [0.717, 1.165) is 23.3 Å². The van der Waals surface area contributed by atoms with Crippen LogP contribution in [-0.2, 0) is 0 Å². The van der Waals surface area contributed by atoms with Crippen LogP contribution in [0.5, 0.6) is 5.75 Å². The predicted molar refractivity (Wildman–Crippen MR) is 65.8 cm³/mol. The summed E-state index contributed by atoms with van der Waals surface area (Å²) >= 11 is 0. The molecule has 3 nitrogen and oxygen atoms in total. The number of rotatable bonds is 5. The van der Waals surface area contributed by atoms with Gasteiger partial charge in [-0.3, -0.25) is 0 Å². The van der Waals surface area contributed by atoms with Gasteiger partial charge in [0.1, 0.15) is 5.75 Å².